The lowest BCUT2D eigenvalue weighted by molar-refractivity contribution is 0.192. The number of nitrogens with zero attached hydrogens (tertiary/aromatic N) is 3. The van der Waals surface area contributed by atoms with Crippen molar-refractivity contribution in [3.05, 3.63) is 30.1 Å². The van der Waals surface area contributed by atoms with Crippen LogP contribution in [0.2, 0.25) is 0 Å². The third kappa shape index (κ3) is 7.35. The summed E-state index contributed by atoms with van der Waals surface area (Å²) in [6.07, 6.45) is 3.39. The second kappa shape index (κ2) is 12.3. The number of rotatable bonds is 7. The lowest BCUT2D eigenvalue weighted by atomic mass is 10.2. The number of unbranched alkanes of at least 4 members (excludes halogenated alkanes) is 2. The monoisotopic (exact) mass is 464 g/mol. The Balaban J connectivity index is 0.00000312. The molecule has 0 unspecified atom stereocenters. The highest BCUT2D eigenvalue weighted by Gasteiger charge is 2.19. The molecule has 0 bridgehead atoms. The van der Waals surface area contributed by atoms with Gasteiger partial charge in [-0.2, -0.15) is 0 Å². The van der Waals surface area contributed by atoms with Crippen LogP contribution >= 0.6 is 24.0 Å². The van der Waals surface area contributed by atoms with E-state index in [0.29, 0.717) is 0 Å². The molecular formula is C18H30FIN4O. The van der Waals surface area contributed by atoms with Gasteiger partial charge in [0.05, 0.1) is 0 Å². The molecule has 142 valence electrons. The van der Waals surface area contributed by atoms with Crippen LogP contribution < -0.4 is 10.2 Å². The van der Waals surface area contributed by atoms with Crippen molar-refractivity contribution in [2.75, 3.05) is 58.4 Å². The summed E-state index contributed by atoms with van der Waals surface area (Å²) in [6.45, 7) is 5.44. The van der Waals surface area contributed by atoms with Crippen molar-refractivity contribution in [1.82, 2.24) is 10.2 Å². The highest BCUT2D eigenvalue weighted by Crippen LogP contribution is 2.16. The molecule has 0 atom stereocenters. The second-order valence-electron chi connectivity index (χ2n) is 5.98. The first-order valence-corrected chi connectivity index (χ1v) is 8.69. The van der Waals surface area contributed by atoms with E-state index in [1.165, 1.54) is 12.1 Å². The fourth-order valence-electron chi connectivity index (χ4n) is 2.91. The molecule has 0 aliphatic carbocycles. The molecule has 1 saturated heterocycles. The van der Waals surface area contributed by atoms with Crippen LogP contribution in [0, 0.1) is 5.82 Å². The molecular weight excluding hydrogens is 434 g/mol. The molecule has 0 spiro atoms. The molecule has 0 amide bonds. The van der Waals surface area contributed by atoms with Gasteiger partial charge in [-0.1, -0.05) is 0 Å². The van der Waals surface area contributed by atoms with Gasteiger partial charge in [0.15, 0.2) is 5.96 Å². The van der Waals surface area contributed by atoms with Gasteiger partial charge in [0.25, 0.3) is 0 Å². The Kier molecular flexibility index (Phi) is 10.8. The first-order chi connectivity index (χ1) is 11.7. The van der Waals surface area contributed by atoms with Gasteiger partial charge in [-0.3, -0.25) is 4.99 Å². The number of hydrogen-bond acceptors (Lipinski definition) is 3. The van der Waals surface area contributed by atoms with Crippen molar-refractivity contribution < 1.29 is 9.13 Å². The summed E-state index contributed by atoms with van der Waals surface area (Å²) in [6, 6.07) is 6.73. The molecule has 7 heteroatoms. The molecule has 0 aromatic heterocycles. The minimum Gasteiger partial charge on any atom is -0.385 e. The van der Waals surface area contributed by atoms with E-state index in [1.54, 1.807) is 7.11 Å². The van der Waals surface area contributed by atoms with Gasteiger partial charge in [0.2, 0.25) is 0 Å². The highest BCUT2D eigenvalue weighted by molar-refractivity contribution is 14.0. The number of guanidine groups is 1. The number of nitrogens with one attached hydrogen (secondary N) is 1. The topological polar surface area (TPSA) is 40.1 Å². The summed E-state index contributed by atoms with van der Waals surface area (Å²) in [5, 5.41) is 3.45. The van der Waals surface area contributed by atoms with Crippen LogP contribution in [0.4, 0.5) is 10.1 Å². The Morgan fingerprint density at radius 1 is 1.12 bits per heavy atom. The fraction of sp³-hybridized carbons (Fsp3) is 0.611. The molecule has 1 aromatic carbocycles. The standard InChI is InChI=1S/C18H29FN4O.HI/c1-20-18(21-10-4-3-5-15-24-2)23-13-11-22(12-14-23)17-8-6-16(19)7-9-17;/h6-9H,3-5,10-15H2,1-2H3,(H,20,21);1H. The minimum atomic E-state index is -0.188. The summed E-state index contributed by atoms with van der Waals surface area (Å²) in [7, 11) is 3.57. The third-order valence-corrected chi connectivity index (χ3v) is 4.29. The van der Waals surface area contributed by atoms with E-state index in [4.69, 9.17) is 4.74 Å². The van der Waals surface area contributed by atoms with E-state index in [0.717, 1.165) is 70.2 Å². The lowest BCUT2D eigenvalue weighted by Gasteiger charge is -2.37. The Labute approximate surface area is 167 Å². The molecule has 0 saturated carbocycles. The van der Waals surface area contributed by atoms with Crippen molar-refractivity contribution in [2.45, 2.75) is 19.3 Å². The normalized spacial score (nSPS) is 15.1. The van der Waals surface area contributed by atoms with Gasteiger partial charge in [-0.05, 0) is 43.5 Å². The first kappa shape index (κ1) is 22.0. The lowest BCUT2D eigenvalue weighted by Crippen LogP contribution is -2.52. The highest BCUT2D eigenvalue weighted by atomic mass is 127. The predicted octanol–water partition coefficient (Wildman–Crippen LogP) is 2.96. The van der Waals surface area contributed by atoms with Crippen LogP contribution in [0.25, 0.3) is 0 Å². The maximum atomic E-state index is 13.0. The number of ether oxygens (including phenoxy) is 1. The SMILES string of the molecule is CN=C(NCCCCCOC)N1CCN(c2ccc(F)cc2)CC1.I. The second-order valence-corrected chi connectivity index (χ2v) is 5.98. The van der Waals surface area contributed by atoms with Crippen LogP contribution in [0.1, 0.15) is 19.3 Å². The van der Waals surface area contributed by atoms with Gasteiger partial charge < -0.3 is 19.9 Å². The number of aliphatic imine (C=N–C) groups is 1. The van der Waals surface area contributed by atoms with Crippen molar-refractivity contribution in [1.29, 1.82) is 0 Å². The number of piperazine rings is 1. The first-order valence-electron chi connectivity index (χ1n) is 8.69. The minimum absolute atomic E-state index is 0. The van der Waals surface area contributed by atoms with Gasteiger partial charge in [-0.15, -0.1) is 24.0 Å². The summed E-state index contributed by atoms with van der Waals surface area (Å²) in [4.78, 5) is 8.97. The van der Waals surface area contributed by atoms with Crippen LogP contribution in [0.5, 0.6) is 0 Å². The molecule has 1 fully saturated rings. The predicted molar refractivity (Wildman–Crippen MR) is 113 cm³/mol. The van der Waals surface area contributed by atoms with Crippen molar-refractivity contribution >= 4 is 35.6 Å². The van der Waals surface area contributed by atoms with Crippen LogP contribution in [-0.4, -0.2) is 64.3 Å². The molecule has 2 rings (SSSR count). The van der Waals surface area contributed by atoms with E-state index in [-0.39, 0.29) is 29.8 Å². The maximum absolute atomic E-state index is 13.0. The van der Waals surface area contributed by atoms with Crippen LogP contribution in [-0.2, 0) is 4.74 Å². The average Bonchev–Trinajstić information content (AvgIpc) is 2.62. The molecule has 1 aliphatic heterocycles. The van der Waals surface area contributed by atoms with E-state index < -0.39 is 0 Å². The van der Waals surface area contributed by atoms with Gasteiger partial charge in [0, 0.05) is 59.2 Å². The summed E-state index contributed by atoms with van der Waals surface area (Å²) in [5.41, 5.74) is 1.08. The Morgan fingerprint density at radius 3 is 2.40 bits per heavy atom. The molecule has 1 heterocycles. The molecule has 0 radical (unpaired) electrons. The van der Waals surface area contributed by atoms with Gasteiger partial charge in [-0.25, -0.2) is 4.39 Å². The molecule has 1 N–H and O–H groups in total. The van der Waals surface area contributed by atoms with E-state index in [1.807, 2.05) is 19.2 Å². The van der Waals surface area contributed by atoms with E-state index in [2.05, 4.69) is 20.1 Å². The van der Waals surface area contributed by atoms with Gasteiger partial charge in [0.1, 0.15) is 5.82 Å². The van der Waals surface area contributed by atoms with Gasteiger partial charge >= 0.3 is 0 Å². The molecule has 1 aliphatic rings. The number of benzene rings is 1. The Hall–Kier alpha value is -1.09. The van der Waals surface area contributed by atoms with Crippen molar-refractivity contribution in [3.8, 4) is 0 Å². The zero-order valence-electron chi connectivity index (χ0n) is 15.2. The van der Waals surface area contributed by atoms with Crippen LogP contribution in [0.3, 0.4) is 0 Å². The summed E-state index contributed by atoms with van der Waals surface area (Å²) >= 11 is 0. The van der Waals surface area contributed by atoms with Crippen molar-refractivity contribution in [3.63, 3.8) is 0 Å². The molecule has 5 nitrogen and oxygen atoms in total. The van der Waals surface area contributed by atoms with Crippen molar-refractivity contribution in [2.24, 2.45) is 4.99 Å². The maximum Gasteiger partial charge on any atom is 0.193 e. The van der Waals surface area contributed by atoms with E-state index in [9.17, 15) is 4.39 Å². The quantitative estimate of drug-likeness (QED) is 0.292. The number of hydrogen-bond donors (Lipinski definition) is 1. The third-order valence-electron chi connectivity index (χ3n) is 4.29. The smallest absolute Gasteiger partial charge is 0.193 e. The van der Waals surface area contributed by atoms with E-state index >= 15 is 0 Å². The zero-order valence-corrected chi connectivity index (χ0v) is 17.5. The van der Waals surface area contributed by atoms with Crippen LogP contribution in [0.15, 0.2) is 29.3 Å². The Bertz CT molecular complexity index is 504. The largest absolute Gasteiger partial charge is 0.385 e. The Morgan fingerprint density at radius 2 is 1.80 bits per heavy atom. The summed E-state index contributed by atoms with van der Waals surface area (Å²) in [5.74, 6) is 0.785. The number of methoxy groups -OCH3 is 1. The molecule has 25 heavy (non-hydrogen) atoms. The summed E-state index contributed by atoms with van der Waals surface area (Å²) < 4.78 is 18.1. The number of anilines is 1. The average molecular weight is 464 g/mol. The fourth-order valence-corrected chi connectivity index (χ4v) is 2.91. The zero-order chi connectivity index (χ0) is 17.2. The molecule has 1 aromatic rings. The number of halogens is 2.